The normalized spacial score (nSPS) is 23.8. The minimum Gasteiger partial charge on any atom is -0.339 e. The maximum absolute atomic E-state index is 4.92. The van der Waals surface area contributed by atoms with Crippen LogP contribution in [0.25, 0.3) is 0 Å². The Morgan fingerprint density at radius 1 is 1.32 bits per heavy atom. The molecule has 2 aliphatic rings. The Labute approximate surface area is 115 Å². The highest BCUT2D eigenvalue weighted by atomic mass is 15.3. The molecule has 4 nitrogen and oxygen atoms in total. The Morgan fingerprint density at radius 3 is 3.16 bits per heavy atom. The van der Waals surface area contributed by atoms with Crippen LogP contribution in [0.2, 0.25) is 0 Å². The maximum Gasteiger partial charge on any atom is 0.225 e. The highest BCUT2D eigenvalue weighted by Crippen LogP contribution is 2.32. The number of hydrogen-bond acceptors (Lipinski definition) is 4. The number of hydrogen-bond donors (Lipinski definition) is 1. The second-order valence-corrected chi connectivity index (χ2v) is 5.67. The van der Waals surface area contributed by atoms with E-state index in [1.54, 1.807) is 0 Å². The standard InChI is InChI=1S/C15H24N4/c1-2-12-5-3-6-13-11-17-15(18-14(12)13)19-9-4-7-16-8-10-19/h11-12,16H,2-10H2,1H3. The van der Waals surface area contributed by atoms with Crippen LogP contribution in [0, 0.1) is 0 Å². The predicted molar refractivity (Wildman–Crippen MR) is 77.7 cm³/mol. The topological polar surface area (TPSA) is 41.1 Å². The van der Waals surface area contributed by atoms with Crippen LogP contribution < -0.4 is 10.2 Å². The molecule has 0 aromatic carbocycles. The first-order chi connectivity index (χ1) is 9.38. The highest BCUT2D eigenvalue weighted by molar-refractivity contribution is 5.36. The minimum atomic E-state index is 0.649. The van der Waals surface area contributed by atoms with E-state index in [2.05, 4.69) is 28.3 Å². The largest absolute Gasteiger partial charge is 0.339 e. The molecule has 0 amide bonds. The molecule has 3 rings (SSSR count). The van der Waals surface area contributed by atoms with E-state index in [0.29, 0.717) is 5.92 Å². The van der Waals surface area contributed by atoms with Crippen LogP contribution in [0.3, 0.4) is 0 Å². The monoisotopic (exact) mass is 260 g/mol. The van der Waals surface area contributed by atoms with E-state index < -0.39 is 0 Å². The summed E-state index contributed by atoms with van der Waals surface area (Å²) < 4.78 is 0. The highest BCUT2D eigenvalue weighted by Gasteiger charge is 2.22. The van der Waals surface area contributed by atoms with Crippen molar-refractivity contribution >= 4 is 5.95 Å². The lowest BCUT2D eigenvalue weighted by Crippen LogP contribution is -2.30. The predicted octanol–water partition coefficient (Wildman–Crippen LogP) is 2.11. The van der Waals surface area contributed by atoms with Crippen molar-refractivity contribution in [3.8, 4) is 0 Å². The lowest BCUT2D eigenvalue weighted by atomic mass is 9.86. The Balaban J connectivity index is 1.86. The first-order valence-corrected chi connectivity index (χ1v) is 7.70. The number of nitrogens with zero attached hydrogens (tertiary/aromatic N) is 3. The van der Waals surface area contributed by atoms with Gasteiger partial charge in [-0.2, -0.15) is 0 Å². The van der Waals surface area contributed by atoms with Gasteiger partial charge in [0.05, 0.1) is 5.69 Å². The zero-order chi connectivity index (χ0) is 13.1. The Kier molecular flexibility index (Phi) is 3.97. The third kappa shape index (κ3) is 2.73. The molecule has 19 heavy (non-hydrogen) atoms. The molecular weight excluding hydrogens is 236 g/mol. The molecule has 1 N–H and O–H groups in total. The van der Waals surface area contributed by atoms with Crippen molar-refractivity contribution in [2.24, 2.45) is 0 Å². The Bertz CT molecular complexity index is 424. The smallest absolute Gasteiger partial charge is 0.225 e. The summed E-state index contributed by atoms with van der Waals surface area (Å²) in [6.45, 7) is 6.52. The van der Waals surface area contributed by atoms with E-state index in [9.17, 15) is 0 Å². The molecule has 104 valence electrons. The number of aryl methyl sites for hydroxylation is 1. The van der Waals surface area contributed by atoms with Gasteiger partial charge in [-0.05, 0) is 44.2 Å². The fourth-order valence-electron chi connectivity index (χ4n) is 3.23. The summed E-state index contributed by atoms with van der Waals surface area (Å²) in [5.74, 6) is 1.60. The molecule has 1 unspecified atom stereocenters. The zero-order valence-electron chi connectivity index (χ0n) is 11.9. The van der Waals surface area contributed by atoms with E-state index in [4.69, 9.17) is 4.98 Å². The van der Waals surface area contributed by atoms with Gasteiger partial charge in [0.25, 0.3) is 0 Å². The molecule has 1 aliphatic heterocycles. The number of anilines is 1. The summed E-state index contributed by atoms with van der Waals surface area (Å²) in [5.41, 5.74) is 2.71. The zero-order valence-corrected chi connectivity index (χ0v) is 11.9. The van der Waals surface area contributed by atoms with Gasteiger partial charge in [0, 0.05) is 31.7 Å². The number of aromatic nitrogens is 2. The molecule has 0 saturated carbocycles. The van der Waals surface area contributed by atoms with E-state index in [0.717, 1.165) is 38.5 Å². The maximum atomic E-state index is 4.92. The molecule has 1 aromatic rings. The molecule has 4 heteroatoms. The quantitative estimate of drug-likeness (QED) is 0.884. The van der Waals surface area contributed by atoms with Gasteiger partial charge in [0.2, 0.25) is 5.95 Å². The SMILES string of the molecule is CCC1CCCc2cnc(N3CCCNCC3)nc21. The van der Waals surface area contributed by atoms with Crippen molar-refractivity contribution < 1.29 is 0 Å². The summed E-state index contributed by atoms with van der Waals surface area (Å²) in [5, 5.41) is 3.43. The van der Waals surface area contributed by atoms with Crippen molar-refractivity contribution in [1.82, 2.24) is 15.3 Å². The van der Waals surface area contributed by atoms with Gasteiger partial charge in [-0.25, -0.2) is 9.97 Å². The molecule has 0 bridgehead atoms. The van der Waals surface area contributed by atoms with Gasteiger partial charge >= 0.3 is 0 Å². The van der Waals surface area contributed by atoms with Crippen LogP contribution in [0.4, 0.5) is 5.95 Å². The van der Waals surface area contributed by atoms with Gasteiger partial charge in [0.1, 0.15) is 0 Å². The molecule has 1 saturated heterocycles. The number of fused-ring (bicyclic) bond motifs is 1. The van der Waals surface area contributed by atoms with Crippen LogP contribution in [0.1, 0.15) is 49.8 Å². The van der Waals surface area contributed by atoms with Gasteiger partial charge < -0.3 is 10.2 Å². The summed E-state index contributed by atoms with van der Waals surface area (Å²) in [6, 6.07) is 0. The molecule has 0 spiro atoms. The van der Waals surface area contributed by atoms with Crippen molar-refractivity contribution in [3.05, 3.63) is 17.5 Å². The van der Waals surface area contributed by atoms with E-state index >= 15 is 0 Å². The fourth-order valence-corrected chi connectivity index (χ4v) is 3.23. The third-order valence-electron chi connectivity index (χ3n) is 4.39. The van der Waals surface area contributed by atoms with Crippen LogP contribution in [0.5, 0.6) is 0 Å². The fraction of sp³-hybridized carbons (Fsp3) is 0.733. The number of rotatable bonds is 2. The van der Waals surface area contributed by atoms with Gasteiger partial charge in [-0.3, -0.25) is 0 Å². The molecule has 1 aliphatic carbocycles. The first-order valence-electron chi connectivity index (χ1n) is 7.70. The van der Waals surface area contributed by atoms with Gasteiger partial charge in [-0.1, -0.05) is 6.92 Å². The summed E-state index contributed by atoms with van der Waals surface area (Å²) in [4.78, 5) is 11.9. The van der Waals surface area contributed by atoms with Crippen LogP contribution in [0.15, 0.2) is 6.20 Å². The average Bonchev–Trinajstić information content (AvgIpc) is 2.75. The van der Waals surface area contributed by atoms with Crippen LogP contribution >= 0.6 is 0 Å². The summed E-state index contributed by atoms with van der Waals surface area (Å²) in [6.07, 6.45) is 8.21. The number of nitrogens with one attached hydrogen (secondary N) is 1. The molecule has 1 atom stereocenters. The summed E-state index contributed by atoms with van der Waals surface area (Å²) in [7, 11) is 0. The van der Waals surface area contributed by atoms with Crippen molar-refractivity contribution in [2.75, 3.05) is 31.1 Å². The second kappa shape index (κ2) is 5.87. The van der Waals surface area contributed by atoms with Crippen molar-refractivity contribution in [3.63, 3.8) is 0 Å². The molecule has 2 heterocycles. The van der Waals surface area contributed by atoms with Gasteiger partial charge in [-0.15, -0.1) is 0 Å². The lowest BCUT2D eigenvalue weighted by Gasteiger charge is -2.26. The van der Waals surface area contributed by atoms with Crippen molar-refractivity contribution in [2.45, 2.75) is 44.9 Å². The molecular formula is C15H24N4. The Hall–Kier alpha value is -1.16. The summed E-state index contributed by atoms with van der Waals surface area (Å²) >= 11 is 0. The second-order valence-electron chi connectivity index (χ2n) is 5.67. The van der Waals surface area contributed by atoms with Crippen LogP contribution in [-0.2, 0) is 6.42 Å². The third-order valence-corrected chi connectivity index (χ3v) is 4.39. The lowest BCUT2D eigenvalue weighted by molar-refractivity contribution is 0.521. The molecule has 1 fully saturated rings. The molecule has 0 radical (unpaired) electrons. The average molecular weight is 260 g/mol. The molecule has 1 aromatic heterocycles. The van der Waals surface area contributed by atoms with E-state index in [1.165, 1.54) is 36.9 Å². The Morgan fingerprint density at radius 2 is 2.26 bits per heavy atom. The first kappa shape index (κ1) is 12.9. The van der Waals surface area contributed by atoms with E-state index in [-0.39, 0.29) is 0 Å². The van der Waals surface area contributed by atoms with Gasteiger partial charge in [0.15, 0.2) is 0 Å². The minimum absolute atomic E-state index is 0.649. The van der Waals surface area contributed by atoms with E-state index in [1.807, 2.05) is 0 Å². The van der Waals surface area contributed by atoms with Crippen LogP contribution in [-0.4, -0.2) is 36.1 Å². The van der Waals surface area contributed by atoms with Crippen molar-refractivity contribution in [1.29, 1.82) is 0 Å².